The number of rotatable bonds is 2. The zero-order chi connectivity index (χ0) is 14.9. The number of carbonyl (C=O) groups excluding carboxylic acids is 1. The number of nitrogens with two attached hydrogens (primary N) is 1. The second-order valence-electron chi connectivity index (χ2n) is 3.98. The molecule has 20 heavy (non-hydrogen) atoms. The number of pyridine rings is 1. The molecule has 0 aliphatic rings. The number of nitrogen functional groups attached to an aromatic ring is 1. The lowest BCUT2D eigenvalue weighted by atomic mass is 9.99. The first kappa shape index (κ1) is 14.3. The fourth-order valence-corrected chi connectivity index (χ4v) is 1.89. The van der Waals surface area contributed by atoms with E-state index in [9.17, 15) is 18.0 Å². The fraction of sp³-hybridized carbons (Fsp3) is 0.0769. The van der Waals surface area contributed by atoms with E-state index in [4.69, 9.17) is 17.3 Å². The molecule has 0 amide bonds. The summed E-state index contributed by atoms with van der Waals surface area (Å²) >= 11 is 5.69. The lowest BCUT2D eigenvalue weighted by Gasteiger charge is -2.12. The summed E-state index contributed by atoms with van der Waals surface area (Å²) in [5.41, 5.74) is 3.98. The van der Waals surface area contributed by atoms with E-state index in [1.165, 1.54) is 18.2 Å². The molecule has 0 atom stereocenters. The van der Waals surface area contributed by atoms with Crippen LogP contribution in [0.15, 0.2) is 36.7 Å². The summed E-state index contributed by atoms with van der Waals surface area (Å²) in [6.07, 6.45) is -2.79. The van der Waals surface area contributed by atoms with Gasteiger partial charge in [0.15, 0.2) is 5.78 Å². The zero-order valence-electron chi connectivity index (χ0n) is 9.91. The molecule has 0 aliphatic carbocycles. The molecule has 7 heteroatoms. The van der Waals surface area contributed by atoms with Crippen molar-refractivity contribution in [1.29, 1.82) is 0 Å². The first-order chi connectivity index (χ1) is 9.30. The van der Waals surface area contributed by atoms with E-state index in [0.717, 1.165) is 18.5 Å². The first-order valence-electron chi connectivity index (χ1n) is 5.41. The Hall–Kier alpha value is -2.08. The summed E-state index contributed by atoms with van der Waals surface area (Å²) in [4.78, 5) is 15.7. The van der Waals surface area contributed by atoms with Crippen LogP contribution >= 0.6 is 11.6 Å². The van der Waals surface area contributed by atoms with E-state index in [-0.39, 0.29) is 11.3 Å². The van der Waals surface area contributed by atoms with Crippen LogP contribution in [0.4, 0.5) is 18.9 Å². The Balaban J connectivity index is 2.55. The van der Waals surface area contributed by atoms with Crippen molar-refractivity contribution in [2.45, 2.75) is 6.18 Å². The number of aromatic nitrogens is 1. The van der Waals surface area contributed by atoms with Gasteiger partial charge in [-0.05, 0) is 24.3 Å². The molecule has 1 aromatic heterocycles. The van der Waals surface area contributed by atoms with Crippen LogP contribution < -0.4 is 5.73 Å². The van der Waals surface area contributed by atoms with Crippen molar-refractivity contribution in [3.05, 3.63) is 58.4 Å². The van der Waals surface area contributed by atoms with E-state index in [2.05, 4.69) is 4.98 Å². The summed E-state index contributed by atoms with van der Waals surface area (Å²) in [7, 11) is 0. The van der Waals surface area contributed by atoms with Crippen LogP contribution in [0.3, 0.4) is 0 Å². The van der Waals surface area contributed by atoms with Crippen molar-refractivity contribution >= 4 is 23.1 Å². The summed E-state index contributed by atoms with van der Waals surface area (Å²) in [6.45, 7) is 0. The highest BCUT2D eigenvalue weighted by atomic mass is 35.5. The van der Waals surface area contributed by atoms with Crippen LogP contribution in [0, 0.1) is 0 Å². The number of carbonyl (C=O) groups is 1. The average molecular weight is 301 g/mol. The van der Waals surface area contributed by atoms with Gasteiger partial charge < -0.3 is 5.73 Å². The molecule has 0 fully saturated rings. The summed E-state index contributed by atoms with van der Waals surface area (Å²) < 4.78 is 38.6. The maximum atomic E-state index is 12.9. The minimum absolute atomic E-state index is 0.0134. The van der Waals surface area contributed by atoms with Crippen LogP contribution in [0.2, 0.25) is 5.02 Å². The fourth-order valence-electron chi connectivity index (χ4n) is 1.71. The molecule has 0 bridgehead atoms. The maximum Gasteiger partial charge on any atom is 0.417 e. The van der Waals surface area contributed by atoms with Gasteiger partial charge in [-0.25, -0.2) is 0 Å². The molecule has 0 saturated carbocycles. The van der Waals surface area contributed by atoms with Crippen LogP contribution in [0.5, 0.6) is 0 Å². The molecule has 2 rings (SSSR count). The Morgan fingerprint density at radius 3 is 2.50 bits per heavy atom. The second kappa shape index (κ2) is 5.13. The summed E-state index contributed by atoms with van der Waals surface area (Å²) in [5.74, 6) is -0.848. The Kier molecular flexibility index (Phi) is 3.67. The number of hydrogen-bond acceptors (Lipinski definition) is 3. The van der Waals surface area contributed by atoms with E-state index < -0.39 is 23.1 Å². The van der Waals surface area contributed by atoms with Crippen LogP contribution in [0.1, 0.15) is 21.5 Å². The monoisotopic (exact) mass is 300 g/mol. The normalized spacial score (nSPS) is 11.4. The summed E-state index contributed by atoms with van der Waals surface area (Å²) in [5, 5.41) is 0.293. The molecule has 1 aromatic carbocycles. The molecule has 2 aromatic rings. The van der Waals surface area contributed by atoms with E-state index in [1.807, 2.05) is 0 Å². The van der Waals surface area contributed by atoms with E-state index in [1.54, 1.807) is 0 Å². The number of ketones is 1. The van der Waals surface area contributed by atoms with Crippen LogP contribution in [0.25, 0.3) is 0 Å². The van der Waals surface area contributed by atoms with Gasteiger partial charge in [0.25, 0.3) is 0 Å². The molecule has 3 nitrogen and oxygen atoms in total. The molecule has 1 heterocycles. The lowest BCUT2D eigenvalue weighted by molar-refractivity contribution is -0.137. The smallest absolute Gasteiger partial charge is 0.398 e. The molecule has 104 valence electrons. The quantitative estimate of drug-likeness (QED) is 0.681. The molecular formula is C13H8ClF3N2O. The zero-order valence-corrected chi connectivity index (χ0v) is 10.7. The molecular weight excluding hydrogens is 293 g/mol. The highest BCUT2D eigenvalue weighted by molar-refractivity contribution is 6.31. The lowest BCUT2D eigenvalue weighted by Crippen LogP contribution is -2.15. The number of hydrogen-bond donors (Lipinski definition) is 1. The number of alkyl halides is 3. The van der Waals surface area contributed by atoms with Gasteiger partial charge in [-0.3, -0.25) is 9.78 Å². The molecule has 0 aliphatic heterocycles. The Morgan fingerprint density at radius 1 is 1.20 bits per heavy atom. The van der Waals surface area contributed by atoms with Crippen molar-refractivity contribution in [2.75, 3.05) is 5.73 Å². The third kappa shape index (κ3) is 2.75. The highest BCUT2D eigenvalue weighted by Gasteiger charge is 2.35. The minimum Gasteiger partial charge on any atom is -0.398 e. The third-order valence-electron chi connectivity index (χ3n) is 2.63. The maximum absolute atomic E-state index is 12.9. The van der Waals surface area contributed by atoms with E-state index >= 15 is 0 Å². The van der Waals surface area contributed by atoms with Gasteiger partial charge >= 0.3 is 6.18 Å². The van der Waals surface area contributed by atoms with Gasteiger partial charge in [0.2, 0.25) is 0 Å². The van der Waals surface area contributed by atoms with Gasteiger partial charge in [0.1, 0.15) is 0 Å². The van der Waals surface area contributed by atoms with E-state index in [0.29, 0.717) is 5.02 Å². The number of halogens is 4. The third-order valence-corrected chi connectivity index (χ3v) is 2.86. The standard InChI is InChI=1S/C13H8ClF3N2O/c14-7-1-2-8(11(18)5-7)12(20)9-6-19-4-3-10(9)13(15,16)17/h1-6H,18H2. The minimum atomic E-state index is -4.64. The topological polar surface area (TPSA) is 56.0 Å². The molecule has 2 N–H and O–H groups in total. The van der Waals surface area contributed by atoms with Crippen molar-refractivity contribution in [3.63, 3.8) is 0 Å². The second-order valence-corrected chi connectivity index (χ2v) is 4.42. The van der Waals surface area contributed by atoms with Gasteiger partial charge in [-0.2, -0.15) is 13.2 Å². The molecule has 0 saturated heterocycles. The van der Waals surface area contributed by atoms with Crippen molar-refractivity contribution < 1.29 is 18.0 Å². The van der Waals surface area contributed by atoms with Crippen LogP contribution in [-0.4, -0.2) is 10.8 Å². The Morgan fingerprint density at radius 2 is 1.90 bits per heavy atom. The average Bonchev–Trinajstić information content (AvgIpc) is 2.37. The van der Waals surface area contributed by atoms with Crippen molar-refractivity contribution in [2.24, 2.45) is 0 Å². The largest absolute Gasteiger partial charge is 0.417 e. The predicted octanol–water partition coefficient (Wildman–Crippen LogP) is 3.57. The van der Waals surface area contributed by atoms with Gasteiger partial charge in [0.05, 0.1) is 11.1 Å². The highest BCUT2D eigenvalue weighted by Crippen LogP contribution is 2.33. The summed E-state index contributed by atoms with van der Waals surface area (Å²) in [6, 6.07) is 4.72. The van der Waals surface area contributed by atoms with Gasteiger partial charge in [-0.15, -0.1) is 0 Å². The van der Waals surface area contributed by atoms with Gasteiger partial charge in [-0.1, -0.05) is 11.6 Å². The van der Waals surface area contributed by atoms with Crippen LogP contribution in [-0.2, 0) is 6.18 Å². The van der Waals surface area contributed by atoms with Crippen molar-refractivity contribution in [3.8, 4) is 0 Å². The van der Waals surface area contributed by atoms with Crippen molar-refractivity contribution in [1.82, 2.24) is 4.98 Å². The SMILES string of the molecule is Nc1cc(Cl)ccc1C(=O)c1cnccc1C(F)(F)F. The molecule has 0 spiro atoms. The first-order valence-corrected chi connectivity index (χ1v) is 5.79. The molecule has 0 unspecified atom stereocenters. The predicted molar refractivity (Wildman–Crippen MR) is 68.5 cm³/mol. The van der Waals surface area contributed by atoms with Gasteiger partial charge in [0, 0.05) is 28.7 Å². The number of anilines is 1. The number of benzene rings is 1. The molecule has 0 radical (unpaired) electrons. The Bertz CT molecular complexity index is 671. The Labute approximate surface area is 117 Å². The number of nitrogens with zero attached hydrogens (tertiary/aromatic N) is 1.